The number of nitrogens with zero attached hydrogens (tertiary/aromatic N) is 2. The number of aromatic nitrogens is 3. The van der Waals surface area contributed by atoms with E-state index in [-0.39, 0.29) is 68.1 Å². The molecule has 0 spiro atoms. The number of aliphatic hydroxyl groups is 3. The molecule has 1 aliphatic heterocycles. The van der Waals surface area contributed by atoms with Crippen molar-refractivity contribution in [2.75, 3.05) is 46.2 Å². The van der Waals surface area contributed by atoms with Crippen molar-refractivity contribution in [2.24, 2.45) is 5.41 Å². The second-order valence-corrected chi connectivity index (χ2v) is 15.8. The lowest BCUT2D eigenvalue weighted by Gasteiger charge is -2.42. The Morgan fingerprint density at radius 1 is 0.912 bits per heavy atom. The highest BCUT2D eigenvalue weighted by Gasteiger charge is 2.45. The normalized spacial score (nSPS) is 20.6. The highest BCUT2D eigenvalue weighted by atomic mass is 16.7. The van der Waals surface area contributed by atoms with Crippen molar-refractivity contribution in [3.05, 3.63) is 69.0 Å². The van der Waals surface area contributed by atoms with Crippen LogP contribution in [0.15, 0.2) is 52.1 Å². The Kier molecular flexibility index (Phi) is 15.8. The van der Waals surface area contributed by atoms with E-state index in [1.165, 1.54) is 13.0 Å². The van der Waals surface area contributed by atoms with E-state index in [1.54, 1.807) is 36.4 Å². The van der Waals surface area contributed by atoms with Crippen LogP contribution >= 0.6 is 0 Å². The summed E-state index contributed by atoms with van der Waals surface area (Å²) in [7, 11) is 0. The minimum atomic E-state index is -1.40. The summed E-state index contributed by atoms with van der Waals surface area (Å²) in [6, 6.07) is 9.42. The Bertz CT molecular complexity index is 1890. The summed E-state index contributed by atoms with van der Waals surface area (Å²) in [5.41, 5.74) is -1.39. The SMILES string of the molecule is CC(=O)NC1C(O)[C@@H](O)C(CO)O[C@H]1OCCOCCOCCOc1ccc(-n2c(=O)[nH]n(-c3cc(CC(NC(C)(C)C)C(=O)C(C)(C)C)ccc3O)c2=O)cc1. The van der Waals surface area contributed by atoms with Gasteiger partial charge in [-0.25, -0.2) is 19.3 Å². The quantitative estimate of drug-likeness (QED) is 0.0807. The molecule has 7 N–H and O–H groups in total. The largest absolute Gasteiger partial charge is 0.506 e. The maximum atomic E-state index is 13.5. The lowest BCUT2D eigenvalue weighted by molar-refractivity contribution is -0.272. The second kappa shape index (κ2) is 19.8. The van der Waals surface area contributed by atoms with E-state index in [1.807, 2.05) is 41.5 Å². The van der Waals surface area contributed by atoms with Crippen LogP contribution in [-0.2, 0) is 35.0 Å². The van der Waals surface area contributed by atoms with Gasteiger partial charge in [-0.3, -0.25) is 9.59 Å². The summed E-state index contributed by atoms with van der Waals surface area (Å²) in [6.07, 6.45) is -4.69. The summed E-state index contributed by atoms with van der Waals surface area (Å²) in [5.74, 6) is -0.193. The minimum Gasteiger partial charge on any atom is -0.506 e. The van der Waals surface area contributed by atoms with E-state index < -0.39 is 66.0 Å². The third kappa shape index (κ3) is 12.5. The van der Waals surface area contributed by atoms with Crippen LogP contribution in [0, 0.1) is 5.41 Å². The van der Waals surface area contributed by atoms with Gasteiger partial charge in [0.2, 0.25) is 5.91 Å². The molecule has 6 atom stereocenters. The van der Waals surface area contributed by atoms with Crippen molar-refractivity contribution in [1.82, 2.24) is 25.0 Å². The van der Waals surface area contributed by atoms with Gasteiger partial charge in [-0.2, -0.15) is 4.68 Å². The summed E-state index contributed by atoms with van der Waals surface area (Å²) >= 11 is 0. The predicted molar refractivity (Wildman–Crippen MR) is 207 cm³/mol. The van der Waals surface area contributed by atoms with Gasteiger partial charge < -0.3 is 54.7 Å². The molecule has 0 aliphatic carbocycles. The van der Waals surface area contributed by atoms with Gasteiger partial charge in [-0.05, 0) is 69.2 Å². The van der Waals surface area contributed by atoms with Crippen molar-refractivity contribution < 1.29 is 53.7 Å². The molecular formula is C39H57N5O13. The zero-order chi connectivity index (χ0) is 42.1. The zero-order valence-electron chi connectivity index (χ0n) is 33.5. The summed E-state index contributed by atoms with van der Waals surface area (Å²) in [4.78, 5) is 51.4. The number of hydrogen-bond donors (Lipinski definition) is 7. The lowest BCUT2D eigenvalue weighted by Crippen LogP contribution is -2.64. The number of hydrogen-bond acceptors (Lipinski definition) is 14. The first-order valence-corrected chi connectivity index (χ1v) is 18.8. The topological polar surface area (TPSA) is 245 Å². The van der Waals surface area contributed by atoms with Crippen molar-refractivity contribution in [3.63, 3.8) is 0 Å². The smallest absolute Gasteiger partial charge is 0.356 e. The lowest BCUT2D eigenvalue weighted by atomic mass is 9.83. The number of H-pyrrole nitrogens is 1. The Labute approximate surface area is 330 Å². The summed E-state index contributed by atoms with van der Waals surface area (Å²) in [5, 5.41) is 48.9. The maximum absolute atomic E-state index is 13.5. The number of nitrogens with one attached hydrogen (secondary N) is 3. The van der Waals surface area contributed by atoms with Gasteiger partial charge in [0.25, 0.3) is 0 Å². The van der Waals surface area contributed by atoms with Crippen LogP contribution in [0.3, 0.4) is 0 Å². The molecule has 2 aromatic carbocycles. The number of phenolic OH excluding ortho intramolecular Hbond substituents is 1. The Morgan fingerprint density at radius 3 is 2.14 bits per heavy atom. The molecule has 1 saturated heterocycles. The van der Waals surface area contributed by atoms with Gasteiger partial charge in [-0.15, -0.1) is 0 Å². The van der Waals surface area contributed by atoms with Gasteiger partial charge in [0, 0.05) is 17.9 Å². The average Bonchev–Trinajstić information content (AvgIpc) is 3.43. The van der Waals surface area contributed by atoms with E-state index >= 15 is 0 Å². The number of aromatic hydroxyl groups is 1. The highest BCUT2D eigenvalue weighted by Crippen LogP contribution is 2.26. The molecule has 0 saturated carbocycles. The molecule has 4 unspecified atom stereocenters. The van der Waals surface area contributed by atoms with Crippen LogP contribution in [0.5, 0.6) is 11.5 Å². The molecular weight excluding hydrogens is 746 g/mol. The number of ketones is 1. The molecule has 0 radical (unpaired) electrons. The predicted octanol–water partition coefficient (Wildman–Crippen LogP) is 0.309. The van der Waals surface area contributed by atoms with Crippen molar-refractivity contribution >= 4 is 11.7 Å². The number of rotatable bonds is 19. The van der Waals surface area contributed by atoms with Gasteiger partial charge in [0.15, 0.2) is 12.1 Å². The molecule has 1 amide bonds. The average molecular weight is 804 g/mol. The zero-order valence-corrected chi connectivity index (χ0v) is 33.5. The second-order valence-electron chi connectivity index (χ2n) is 15.8. The molecule has 1 aromatic heterocycles. The molecule has 0 bridgehead atoms. The number of carbonyl (C=O) groups excluding carboxylic acids is 2. The van der Waals surface area contributed by atoms with E-state index in [2.05, 4.69) is 15.7 Å². The number of amides is 1. The number of aromatic amines is 1. The van der Waals surface area contributed by atoms with Crippen LogP contribution in [0.2, 0.25) is 0 Å². The molecule has 1 fully saturated rings. The third-order valence-corrected chi connectivity index (χ3v) is 8.90. The first-order chi connectivity index (χ1) is 26.8. The Morgan fingerprint density at radius 2 is 1.54 bits per heavy atom. The Balaban J connectivity index is 1.25. The first-order valence-electron chi connectivity index (χ1n) is 18.8. The van der Waals surface area contributed by atoms with Crippen LogP contribution in [0.25, 0.3) is 11.4 Å². The fourth-order valence-corrected chi connectivity index (χ4v) is 6.20. The molecule has 1 aliphatic rings. The number of Topliss-reactive ketones (excluding diaryl/α,β-unsaturated/α-hetero) is 1. The van der Waals surface area contributed by atoms with Crippen molar-refractivity contribution in [2.45, 2.75) is 97.1 Å². The number of phenols is 1. The summed E-state index contributed by atoms with van der Waals surface area (Å²) < 4.78 is 29.7. The van der Waals surface area contributed by atoms with Gasteiger partial charge in [0.05, 0.1) is 51.4 Å². The highest BCUT2D eigenvalue weighted by molar-refractivity contribution is 5.89. The molecule has 2 heterocycles. The van der Waals surface area contributed by atoms with Gasteiger partial charge in [-0.1, -0.05) is 26.8 Å². The summed E-state index contributed by atoms with van der Waals surface area (Å²) in [6.45, 7) is 13.3. The molecule has 18 nitrogen and oxygen atoms in total. The van der Waals surface area contributed by atoms with Crippen LogP contribution in [0.1, 0.15) is 54.0 Å². The van der Waals surface area contributed by atoms with E-state index in [0.29, 0.717) is 17.7 Å². The Hall–Kier alpha value is -4.40. The van der Waals surface area contributed by atoms with E-state index in [9.17, 15) is 39.6 Å². The van der Waals surface area contributed by atoms with Crippen molar-refractivity contribution in [3.8, 4) is 22.9 Å². The fraction of sp³-hybridized carbons (Fsp3) is 0.590. The maximum Gasteiger partial charge on any atom is 0.356 e. The molecule has 57 heavy (non-hydrogen) atoms. The fourth-order valence-electron chi connectivity index (χ4n) is 6.20. The molecule has 316 valence electrons. The third-order valence-electron chi connectivity index (χ3n) is 8.90. The molecule has 3 aromatic rings. The molecule has 18 heteroatoms. The van der Waals surface area contributed by atoms with Crippen LogP contribution < -0.4 is 26.7 Å². The van der Waals surface area contributed by atoms with Crippen LogP contribution in [0.4, 0.5) is 0 Å². The number of benzene rings is 2. The van der Waals surface area contributed by atoms with Gasteiger partial charge in [0.1, 0.15) is 48.1 Å². The monoisotopic (exact) mass is 803 g/mol. The number of aliphatic hydroxyl groups excluding tert-OH is 3. The van der Waals surface area contributed by atoms with E-state index in [0.717, 1.165) is 9.25 Å². The van der Waals surface area contributed by atoms with E-state index in [4.69, 9.17) is 23.7 Å². The molecule has 4 rings (SSSR count). The minimum absolute atomic E-state index is 0.0185. The van der Waals surface area contributed by atoms with Gasteiger partial charge >= 0.3 is 11.4 Å². The van der Waals surface area contributed by atoms with Crippen LogP contribution in [-0.4, -0.2) is 135 Å². The van der Waals surface area contributed by atoms with Crippen molar-refractivity contribution in [1.29, 1.82) is 0 Å². The number of carbonyl (C=O) groups is 2. The standard InChI is InChI=1S/C39H57N5O13/c1-23(46)40-31-33(49)32(48)30(22-45)57-35(31)56-19-17-54-15-14-53-16-18-55-26-11-9-25(10-12-26)43-36(51)42-44(37(43)52)28-21-24(8-13-29(28)47)20-27(41-39(5,6)7)34(50)38(2,3)4/h8-13,21,27,30-33,35,41,45,47-49H,14-20,22H2,1-7H3,(H,40,46)(H,42,51)/t27?,30?,31?,32-,33?,35+/m0/s1. The number of ether oxygens (including phenoxy) is 5. The first kappa shape index (κ1) is 45.3.